The molecule has 4 rings (SSSR count). The fourth-order valence-corrected chi connectivity index (χ4v) is 3.59. The lowest BCUT2D eigenvalue weighted by Gasteiger charge is -2.32. The standard InChI is InChI=1S/C21H23BO2/c1-14-15-10-6-8-12-17(15)19(18-13-9-7-11-16(14)18)22-23-20(2,3)21(4,5)24-22/h6-13H,1-5H3. The average molecular weight is 318 g/mol. The van der Waals surface area contributed by atoms with Gasteiger partial charge < -0.3 is 9.31 Å². The third-order valence-electron chi connectivity index (χ3n) is 5.73. The van der Waals surface area contributed by atoms with E-state index in [0.29, 0.717) is 0 Å². The molecule has 0 atom stereocenters. The average Bonchev–Trinajstić information content (AvgIpc) is 2.75. The van der Waals surface area contributed by atoms with Gasteiger partial charge in [0.25, 0.3) is 0 Å². The normalized spacial score (nSPS) is 19.3. The molecule has 3 heteroatoms. The number of aryl methyl sites for hydroxylation is 1. The zero-order valence-corrected chi connectivity index (χ0v) is 15.0. The molecular weight excluding hydrogens is 295 g/mol. The van der Waals surface area contributed by atoms with Gasteiger partial charge in [-0.25, -0.2) is 0 Å². The van der Waals surface area contributed by atoms with Crippen LogP contribution in [0.2, 0.25) is 0 Å². The highest BCUT2D eigenvalue weighted by molar-refractivity contribution is 6.68. The molecule has 0 unspecified atom stereocenters. The quantitative estimate of drug-likeness (QED) is 0.482. The summed E-state index contributed by atoms with van der Waals surface area (Å²) in [5, 5.41) is 4.96. The molecule has 3 aromatic carbocycles. The Bertz CT molecular complexity index is 870. The first-order valence-corrected chi connectivity index (χ1v) is 8.57. The van der Waals surface area contributed by atoms with Crippen molar-refractivity contribution in [2.75, 3.05) is 0 Å². The topological polar surface area (TPSA) is 18.5 Å². The monoisotopic (exact) mass is 318 g/mol. The summed E-state index contributed by atoms with van der Waals surface area (Å²) in [6, 6.07) is 17.1. The van der Waals surface area contributed by atoms with E-state index in [1.165, 1.54) is 27.1 Å². The van der Waals surface area contributed by atoms with Gasteiger partial charge in [-0.2, -0.15) is 0 Å². The molecule has 0 spiro atoms. The molecule has 3 aromatic rings. The Balaban J connectivity index is 2.06. The van der Waals surface area contributed by atoms with Crippen molar-refractivity contribution in [3.8, 4) is 0 Å². The van der Waals surface area contributed by atoms with Crippen LogP contribution in [0, 0.1) is 6.92 Å². The van der Waals surface area contributed by atoms with Gasteiger partial charge in [0, 0.05) is 0 Å². The highest BCUT2D eigenvalue weighted by Crippen LogP contribution is 2.38. The van der Waals surface area contributed by atoms with Crippen LogP contribution in [-0.4, -0.2) is 18.3 Å². The maximum Gasteiger partial charge on any atom is 0.496 e. The highest BCUT2D eigenvalue weighted by atomic mass is 16.7. The zero-order valence-electron chi connectivity index (χ0n) is 15.0. The van der Waals surface area contributed by atoms with E-state index in [4.69, 9.17) is 9.31 Å². The lowest BCUT2D eigenvalue weighted by Crippen LogP contribution is -2.41. The van der Waals surface area contributed by atoms with E-state index in [2.05, 4.69) is 83.1 Å². The second kappa shape index (κ2) is 5.08. The molecule has 0 N–H and O–H groups in total. The van der Waals surface area contributed by atoms with Gasteiger partial charge in [0.1, 0.15) is 0 Å². The number of hydrogen-bond donors (Lipinski definition) is 0. The summed E-state index contributed by atoms with van der Waals surface area (Å²) in [5.74, 6) is 0. The number of hydrogen-bond acceptors (Lipinski definition) is 2. The minimum Gasteiger partial charge on any atom is -0.399 e. The van der Waals surface area contributed by atoms with Gasteiger partial charge >= 0.3 is 7.12 Å². The van der Waals surface area contributed by atoms with Crippen molar-refractivity contribution in [1.82, 2.24) is 0 Å². The van der Waals surface area contributed by atoms with E-state index >= 15 is 0 Å². The van der Waals surface area contributed by atoms with Crippen molar-refractivity contribution in [2.45, 2.75) is 45.8 Å². The Kier molecular flexibility index (Phi) is 3.32. The summed E-state index contributed by atoms with van der Waals surface area (Å²) in [5.41, 5.74) is 1.77. The Morgan fingerprint density at radius 1 is 0.667 bits per heavy atom. The minimum absolute atomic E-state index is 0.342. The van der Waals surface area contributed by atoms with Crippen LogP contribution in [0.5, 0.6) is 0 Å². The molecule has 2 nitrogen and oxygen atoms in total. The first-order chi connectivity index (χ1) is 11.3. The van der Waals surface area contributed by atoms with Crippen LogP contribution in [-0.2, 0) is 9.31 Å². The van der Waals surface area contributed by atoms with Crippen LogP contribution < -0.4 is 5.46 Å². The van der Waals surface area contributed by atoms with Gasteiger partial charge in [-0.15, -0.1) is 0 Å². The number of benzene rings is 3. The second-order valence-corrected chi connectivity index (χ2v) is 7.72. The zero-order chi connectivity index (χ0) is 17.1. The summed E-state index contributed by atoms with van der Waals surface area (Å²) < 4.78 is 12.8. The van der Waals surface area contributed by atoms with Crippen LogP contribution in [0.3, 0.4) is 0 Å². The maximum atomic E-state index is 6.38. The third kappa shape index (κ3) is 2.12. The molecule has 1 heterocycles. The Morgan fingerprint density at radius 3 is 1.46 bits per heavy atom. The van der Waals surface area contributed by atoms with Crippen molar-refractivity contribution in [1.29, 1.82) is 0 Å². The second-order valence-electron chi connectivity index (χ2n) is 7.72. The van der Waals surface area contributed by atoms with Crippen LogP contribution in [0.25, 0.3) is 21.5 Å². The first-order valence-electron chi connectivity index (χ1n) is 8.57. The smallest absolute Gasteiger partial charge is 0.399 e. The maximum absolute atomic E-state index is 6.38. The largest absolute Gasteiger partial charge is 0.496 e. The van der Waals surface area contributed by atoms with E-state index in [-0.39, 0.29) is 18.3 Å². The predicted octanol–water partition coefficient (Wildman–Crippen LogP) is 4.60. The Labute approximate surface area is 143 Å². The lowest BCUT2D eigenvalue weighted by atomic mass is 9.72. The van der Waals surface area contributed by atoms with Crippen LogP contribution in [0.15, 0.2) is 48.5 Å². The van der Waals surface area contributed by atoms with Crippen LogP contribution >= 0.6 is 0 Å². The minimum atomic E-state index is -0.356. The molecule has 24 heavy (non-hydrogen) atoms. The van der Waals surface area contributed by atoms with Gasteiger partial charge in [-0.05, 0) is 67.2 Å². The summed E-state index contributed by atoms with van der Waals surface area (Å²) in [6.07, 6.45) is 0. The van der Waals surface area contributed by atoms with Crippen LogP contribution in [0.4, 0.5) is 0 Å². The van der Waals surface area contributed by atoms with E-state index in [1.807, 2.05) is 0 Å². The predicted molar refractivity (Wildman–Crippen MR) is 102 cm³/mol. The fraction of sp³-hybridized carbons (Fsp3) is 0.333. The fourth-order valence-electron chi connectivity index (χ4n) is 3.59. The molecule has 0 bridgehead atoms. The van der Waals surface area contributed by atoms with E-state index in [9.17, 15) is 0 Å². The summed E-state index contributed by atoms with van der Waals surface area (Å²) in [4.78, 5) is 0. The molecule has 1 saturated heterocycles. The van der Waals surface area contributed by atoms with E-state index in [0.717, 1.165) is 5.46 Å². The van der Waals surface area contributed by atoms with Crippen molar-refractivity contribution in [3.63, 3.8) is 0 Å². The van der Waals surface area contributed by atoms with Crippen molar-refractivity contribution in [2.24, 2.45) is 0 Å². The van der Waals surface area contributed by atoms with Gasteiger partial charge in [0.15, 0.2) is 0 Å². The van der Waals surface area contributed by atoms with Gasteiger partial charge in [0.2, 0.25) is 0 Å². The Hall–Kier alpha value is -1.84. The van der Waals surface area contributed by atoms with Gasteiger partial charge in [0.05, 0.1) is 11.2 Å². The molecule has 0 aliphatic carbocycles. The summed E-state index contributed by atoms with van der Waals surface area (Å²) in [6.45, 7) is 10.6. The molecule has 122 valence electrons. The molecule has 0 amide bonds. The number of fused-ring (bicyclic) bond motifs is 2. The lowest BCUT2D eigenvalue weighted by molar-refractivity contribution is 0.00578. The van der Waals surface area contributed by atoms with Gasteiger partial charge in [-0.3, -0.25) is 0 Å². The summed E-state index contributed by atoms with van der Waals surface area (Å²) in [7, 11) is -0.356. The SMILES string of the molecule is Cc1c2ccccc2c(B2OC(C)(C)C(C)(C)O2)c2ccccc12. The van der Waals surface area contributed by atoms with Gasteiger partial charge in [-0.1, -0.05) is 48.5 Å². The highest BCUT2D eigenvalue weighted by Gasteiger charge is 2.52. The summed E-state index contributed by atoms with van der Waals surface area (Å²) >= 11 is 0. The third-order valence-corrected chi connectivity index (χ3v) is 5.73. The number of rotatable bonds is 1. The molecule has 1 aliphatic rings. The van der Waals surface area contributed by atoms with E-state index in [1.54, 1.807) is 0 Å². The molecule has 0 aromatic heterocycles. The van der Waals surface area contributed by atoms with Crippen molar-refractivity contribution >= 4 is 34.1 Å². The first kappa shape index (κ1) is 15.7. The van der Waals surface area contributed by atoms with Crippen LogP contribution in [0.1, 0.15) is 33.3 Å². The molecule has 0 saturated carbocycles. The van der Waals surface area contributed by atoms with E-state index < -0.39 is 0 Å². The van der Waals surface area contributed by atoms with Crippen molar-refractivity contribution < 1.29 is 9.31 Å². The molecule has 1 fully saturated rings. The van der Waals surface area contributed by atoms with Crippen molar-refractivity contribution in [3.05, 3.63) is 54.1 Å². The molecule has 0 radical (unpaired) electrons. The molecule has 1 aliphatic heterocycles. The Morgan fingerprint density at radius 2 is 1.04 bits per heavy atom. The molecular formula is C21H23BO2.